The summed E-state index contributed by atoms with van der Waals surface area (Å²) in [5.41, 5.74) is 0.782. The number of benzene rings is 1. The fourth-order valence-electron chi connectivity index (χ4n) is 1.66. The van der Waals surface area contributed by atoms with Crippen LogP contribution in [-0.2, 0) is 16.0 Å². The predicted octanol–water partition coefficient (Wildman–Crippen LogP) is 1.89. The van der Waals surface area contributed by atoms with E-state index in [0.717, 1.165) is 0 Å². The molecule has 0 amide bonds. The summed E-state index contributed by atoms with van der Waals surface area (Å²) in [6.45, 7) is 2.08. The van der Waals surface area contributed by atoms with Gasteiger partial charge in [0.25, 0.3) is 0 Å². The van der Waals surface area contributed by atoms with Crippen molar-refractivity contribution in [3.05, 3.63) is 29.3 Å². The average molecular weight is 252 g/mol. The first-order valence-corrected chi connectivity index (χ1v) is 5.65. The van der Waals surface area contributed by atoms with E-state index in [1.807, 2.05) is 0 Å². The SMILES string of the molecule is CCOC(=O)CCc1cccc(C(=O)O)c1OC. The zero-order valence-electron chi connectivity index (χ0n) is 10.4. The molecule has 0 radical (unpaired) electrons. The summed E-state index contributed by atoms with van der Waals surface area (Å²) in [7, 11) is 1.41. The second-order valence-corrected chi connectivity index (χ2v) is 3.61. The Morgan fingerprint density at radius 2 is 2.06 bits per heavy atom. The van der Waals surface area contributed by atoms with Crippen LogP contribution in [0, 0.1) is 0 Å². The molecule has 0 saturated heterocycles. The number of carboxylic acids is 1. The maximum atomic E-state index is 11.3. The standard InChI is InChI=1S/C13H16O5/c1-3-18-11(14)8-7-9-5-4-6-10(13(15)16)12(9)17-2/h4-6H,3,7-8H2,1-2H3,(H,15,16). The number of carbonyl (C=O) groups excluding carboxylic acids is 1. The van der Waals surface area contributed by atoms with Crippen molar-refractivity contribution in [1.29, 1.82) is 0 Å². The molecule has 1 aromatic rings. The fourth-order valence-corrected chi connectivity index (χ4v) is 1.66. The molecule has 0 saturated carbocycles. The highest BCUT2D eigenvalue weighted by atomic mass is 16.5. The van der Waals surface area contributed by atoms with Crippen molar-refractivity contribution in [3.8, 4) is 5.75 Å². The molecular formula is C13H16O5. The first kappa shape index (κ1) is 14.0. The van der Waals surface area contributed by atoms with Gasteiger partial charge in [0.15, 0.2) is 0 Å². The van der Waals surface area contributed by atoms with Gasteiger partial charge in [-0.15, -0.1) is 0 Å². The Morgan fingerprint density at radius 3 is 2.61 bits per heavy atom. The molecule has 98 valence electrons. The van der Waals surface area contributed by atoms with Crippen LogP contribution in [0.25, 0.3) is 0 Å². The Balaban J connectivity index is 2.85. The van der Waals surface area contributed by atoms with Gasteiger partial charge in [-0.3, -0.25) is 4.79 Å². The summed E-state index contributed by atoms with van der Waals surface area (Å²) in [5.74, 6) is -1.06. The van der Waals surface area contributed by atoms with Crippen molar-refractivity contribution >= 4 is 11.9 Å². The van der Waals surface area contributed by atoms with Crippen molar-refractivity contribution < 1.29 is 24.2 Å². The Hall–Kier alpha value is -2.04. The molecule has 0 unspecified atom stereocenters. The topological polar surface area (TPSA) is 72.8 Å². The van der Waals surface area contributed by atoms with Crippen molar-refractivity contribution in [2.45, 2.75) is 19.8 Å². The van der Waals surface area contributed by atoms with E-state index in [9.17, 15) is 9.59 Å². The van der Waals surface area contributed by atoms with Crippen molar-refractivity contribution in [2.24, 2.45) is 0 Å². The molecule has 0 heterocycles. The number of carbonyl (C=O) groups is 2. The normalized spacial score (nSPS) is 9.89. The van der Waals surface area contributed by atoms with E-state index in [1.54, 1.807) is 19.1 Å². The number of ether oxygens (including phenoxy) is 2. The van der Waals surface area contributed by atoms with E-state index in [0.29, 0.717) is 24.3 Å². The van der Waals surface area contributed by atoms with Crippen LogP contribution < -0.4 is 4.74 Å². The largest absolute Gasteiger partial charge is 0.496 e. The third-order valence-corrected chi connectivity index (χ3v) is 2.43. The number of carboxylic acid groups (broad SMARTS) is 1. The first-order chi connectivity index (χ1) is 8.60. The molecule has 0 aliphatic rings. The summed E-state index contributed by atoms with van der Waals surface area (Å²) in [6.07, 6.45) is 0.594. The second-order valence-electron chi connectivity index (χ2n) is 3.61. The molecule has 0 aliphatic heterocycles. The molecule has 0 aromatic heterocycles. The van der Waals surface area contributed by atoms with Gasteiger partial charge < -0.3 is 14.6 Å². The van der Waals surface area contributed by atoms with Gasteiger partial charge in [-0.25, -0.2) is 4.79 Å². The lowest BCUT2D eigenvalue weighted by molar-refractivity contribution is -0.143. The Morgan fingerprint density at radius 1 is 1.33 bits per heavy atom. The van der Waals surface area contributed by atoms with Crippen LogP contribution in [0.3, 0.4) is 0 Å². The number of hydrogen-bond donors (Lipinski definition) is 1. The maximum Gasteiger partial charge on any atom is 0.339 e. The summed E-state index contributed by atoms with van der Waals surface area (Å²) in [4.78, 5) is 22.3. The maximum absolute atomic E-state index is 11.3. The Labute approximate surface area is 105 Å². The lowest BCUT2D eigenvalue weighted by Gasteiger charge is -2.10. The van der Waals surface area contributed by atoms with Gasteiger partial charge >= 0.3 is 11.9 Å². The zero-order valence-corrected chi connectivity index (χ0v) is 10.4. The zero-order chi connectivity index (χ0) is 13.5. The van der Waals surface area contributed by atoms with E-state index in [-0.39, 0.29) is 18.0 Å². The quantitative estimate of drug-likeness (QED) is 0.783. The second kappa shape index (κ2) is 6.64. The van der Waals surface area contributed by atoms with Gasteiger partial charge in [0.2, 0.25) is 0 Å². The number of para-hydroxylation sites is 1. The highest BCUT2D eigenvalue weighted by molar-refractivity contribution is 5.91. The molecule has 0 atom stereocenters. The molecule has 0 fully saturated rings. The summed E-state index contributed by atoms with van der Waals surface area (Å²) in [5, 5.41) is 9.01. The van der Waals surface area contributed by atoms with Gasteiger partial charge in [0.1, 0.15) is 11.3 Å². The van der Waals surface area contributed by atoms with Gasteiger partial charge in [-0.2, -0.15) is 0 Å². The van der Waals surface area contributed by atoms with E-state index in [1.165, 1.54) is 13.2 Å². The number of rotatable bonds is 6. The van der Waals surface area contributed by atoms with Crippen LogP contribution in [0.5, 0.6) is 5.75 Å². The van der Waals surface area contributed by atoms with Gasteiger partial charge in [-0.1, -0.05) is 12.1 Å². The third-order valence-electron chi connectivity index (χ3n) is 2.43. The summed E-state index contributed by atoms with van der Waals surface area (Å²) < 4.78 is 9.92. The lowest BCUT2D eigenvalue weighted by atomic mass is 10.0. The highest BCUT2D eigenvalue weighted by Gasteiger charge is 2.15. The van der Waals surface area contributed by atoms with Crippen LogP contribution in [0.4, 0.5) is 0 Å². The predicted molar refractivity (Wildman–Crippen MR) is 64.9 cm³/mol. The van der Waals surface area contributed by atoms with Crippen molar-refractivity contribution in [3.63, 3.8) is 0 Å². The molecule has 1 N–H and O–H groups in total. The molecule has 18 heavy (non-hydrogen) atoms. The van der Waals surface area contributed by atoms with Crippen molar-refractivity contribution in [2.75, 3.05) is 13.7 Å². The first-order valence-electron chi connectivity index (χ1n) is 5.65. The van der Waals surface area contributed by atoms with E-state index in [2.05, 4.69) is 0 Å². The van der Waals surface area contributed by atoms with Crippen LogP contribution in [-0.4, -0.2) is 30.8 Å². The lowest BCUT2D eigenvalue weighted by Crippen LogP contribution is -2.07. The van der Waals surface area contributed by atoms with E-state index < -0.39 is 5.97 Å². The minimum absolute atomic E-state index is 0.0962. The highest BCUT2D eigenvalue weighted by Crippen LogP contribution is 2.25. The Kier molecular flexibility index (Phi) is 5.17. The molecular weight excluding hydrogens is 236 g/mol. The van der Waals surface area contributed by atoms with E-state index >= 15 is 0 Å². The average Bonchev–Trinajstić information content (AvgIpc) is 2.36. The fraction of sp³-hybridized carbons (Fsp3) is 0.385. The summed E-state index contributed by atoms with van der Waals surface area (Å²) >= 11 is 0. The molecule has 1 rings (SSSR count). The number of hydrogen-bond acceptors (Lipinski definition) is 4. The van der Waals surface area contributed by atoms with Gasteiger partial charge in [0.05, 0.1) is 13.7 Å². The van der Waals surface area contributed by atoms with Gasteiger partial charge in [0, 0.05) is 6.42 Å². The molecule has 0 aliphatic carbocycles. The Bertz CT molecular complexity index is 439. The summed E-state index contributed by atoms with van der Waals surface area (Å²) in [6, 6.07) is 4.84. The van der Waals surface area contributed by atoms with Crippen LogP contribution >= 0.6 is 0 Å². The molecule has 0 bridgehead atoms. The number of methoxy groups -OCH3 is 1. The van der Waals surface area contributed by atoms with Gasteiger partial charge in [-0.05, 0) is 25.0 Å². The molecule has 0 spiro atoms. The monoisotopic (exact) mass is 252 g/mol. The van der Waals surface area contributed by atoms with Crippen LogP contribution in [0.2, 0.25) is 0 Å². The molecule has 5 nitrogen and oxygen atoms in total. The minimum Gasteiger partial charge on any atom is -0.496 e. The van der Waals surface area contributed by atoms with Crippen molar-refractivity contribution in [1.82, 2.24) is 0 Å². The van der Waals surface area contributed by atoms with E-state index in [4.69, 9.17) is 14.6 Å². The van der Waals surface area contributed by atoms with Crippen LogP contribution in [0.15, 0.2) is 18.2 Å². The van der Waals surface area contributed by atoms with Crippen LogP contribution in [0.1, 0.15) is 29.3 Å². The smallest absolute Gasteiger partial charge is 0.339 e. The number of aryl methyl sites for hydroxylation is 1. The third kappa shape index (κ3) is 3.48. The molecule has 5 heteroatoms. The minimum atomic E-state index is -1.05. The molecule has 1 aromatic carbocycles. The number of aromatic carboxylic acids is 1. The number of esters is 1.